The molecule has 4 nitrogen and oxygen atoms in total. The summed E-state index contributed by atoms with van der Waals surface area (Å²) in [5, 5.41) is 0. The van der Waals surface area contributed by atoms with Gasteiger partial charge in [0.15, 0.2) is 9.84 Å². The van der Waals surface area contributed by atoms with E-state index in [9.17, 15) is 8.42 Å². The molecule has 0 radical (unpaired) electrons. The number of aryl methyl sites for hydroxylation is 1. The molecule has 0 atom stereocenters. The van der Waals surface area contributed by atoms with Crippen molar-refractivity contribution in [3.63, 3.8) is 0 Å². The van der Waals surface area contributed by atoms with Crippen molar-refractivity contribution in [2.75, 3.05) is 6.26 Å². The highest BCUT2D eigenvalue weighted by atomic mass is 32.2. The van der Waals surface area contributed by atoms with Gasteiger partial charge in [0, 0.05) is 17.2 Å². The van der Waals surface area contributed by atoms with Crippen molar-refractivity contribution >= 4 is 9.84 Å². The van der Waals surface area contributed by atoms with E-state index in [1.807, 2.05) is 13.0 Å². The highest BCUT2D eigenvalue weighted by molar-refractivity contribution is 7.90. The van der Waals surface area contributed by atoms with E-state index in [0.717, 1.165) is 17.0 Å². The van der Waals surface area contributed by atoms with Crippen LogP contribution in [0.1, 0.15) is 32.2 Å². The van der Waals surface area contributed by atoms with Crippen LogP contribution in [0.25, 0.3) is 11.3 Å². The van der Waals surface area contributed by atoms with E-state index in [0.29, 0.717) is 10.6 Å². The van der Waals surface area contributed by atoms with Gasteiger partial charge in [-0.05, 0) is 19.1 Å². The molecule has 0 spiro atoms. The lowest BCUT2D eigenvalue weighted by Crippen LogP contribution is -2.17. The van der Waals surface area contributed by atoms with Gasteiger partial charge < -0.3 is 0 Å². The molecule has 0 N–H and O–H groups in total. The first-order valence-corrected chi connectivity index (χ1v) is 8.63. The van der Waals surface area contributed by atoms with Crippen LogP contribution in [-0.4, -0.2) is 24.6 Å². The average molecular weight is 304 g/mol. The molecule has 1 heterocycles. The molecule has 112 valence electrons. The number of nitrogens with zero attached hydrogens (tertiary/aromatic N) is 2. The Bertz CT molecular complexity index is 775. The Morgan fingerprint density at radius 3 is 2.38 bits per heavy atom. The summed E-state index contributed by atoms with van der Waals surface area (Å²) in [6, 6.07) is 6.80. The Hall–Kier alpha value is -1.75. The molecule has 0 bridgehead atoms. The van der Waals surface area contributed by atoms with E-state index in [1.165, 1.54) is 6.26 Å². The molecule has 0 aliphatic rings. The Morgan fingerprint density at radius 2 is 1.81 bits per heavy atom. The number of rotatable bonds is 2. The van der Waals surface area contributed by atoms with Gasteiger partial charge in [0.2, 0.25) is 0 Å². The fraction of sp³-hybridized carbons (Fsp3) is 0.375. The molecule has 2 aromatic rings. The minimum Gasteiger partial charge on any atom is -0.257 e. The molecule has 1 aromatic carbocycles. The minimum atomic E-state index is -3.23. The zero-order valence-corrected chi connectivity index (χ0v) is 13.8. The standard InChI is InChI=1S/C16H20N2O2S/c1-11-15(16(2,3)4)18-14(10-17-11)12-7-6-8-13(9-12)21(5,19)20/h6-10H,1-5H3. The lowest BCUT2D eigenvalue weighted by molar-refractivity contribution is 0.560. The summed E-state index contributed by atoms with van der Waals surface area (Å²) < 4.78 is 23.3. The average Bonchev–Trinajstić information content (AvgIpc) is 2.37. The maximum atomic E-state index is 11.7. The maximum Gasteiger partial charge on any atom is 0.175 e. The Kier molecular flexibility index (Phi) is 3.89. The fourth-order valence-electron chi connectivity index (χ4n) is 2.18. The van der Waals surface area contributed by atoms with Gasteiger partial charge in [-0.1, -0.05) is 32.9 Å². The molecular weight excluding hydrogens is 284 g/mol. The first-order chi connectivity index (χ1) is 9.59. The van der Waals surface area contributed by atoms with Crippen LogP contribution in [0.5, 0.6) is 0 Å². The van der Waals surface area contributed by atoms with Crippen LogP contribution in [0.15, 0.2) is 35.4 Å². The van der Waals surface area contributed by atoms with E-state index < -0.39 is 9.84 Å². The Balaban J connectivity index is 2.58. The lowest BCUT2D eigenvalue weighted by Gasteiger charge is -2.20. The van der Waals surface area contributed by atoms with Gasteiger partial charge in [0.1, 0.15) is 0 Å². The van der Waals surface area contributed by atoms with Crippen molar-refractivity contribution in [1.82, 2.24) is 9.97 Å². The molecule has 0 fully saturated rings. The molecular formula is C16H20N2O2S. The second kappa shape index (κ2) is 5.22. The highest BCUT2D eigenvalue weighted by Gasteiger charge is 2.20. The third-order valence-electron chi connectivity index (χ3n) is 3.22. The van der Waals surface area contributed by atoms with E-state index in [2.05, 4.69) is 30.7 Å². The van der Waals surface area contributed by atoms with Crippen LogP contribution < -0.4 is 0 Å². The van der Waals surface area contributed by atoms with Gasteiger partial charge in [-0.3, -0.25) is 4.98 Å². The van der Waals surface area contributed by atoms with Crippen molar-refractivity contribution in [3.05, 3.63) is 41.9 Å². The third-order valence-corrected chi connectivity index (χ3v) is 4.33. The summed E-state index contributed by atoms with van der Waals surface area (Å²) in [6.07, 6.45) is 2.89. The van der Waals surface area contributed by atoms with Crippen molar-refractivity contribution in [2.45, 2.75) is 38.0 Å². The Labute approximate surface area is 126 Å². The molecule has 0 amide bonds. The van der Waals surface area contributed by atoms with Gasteiger partial charge in [0.05, 0.1) is 28.2 Å². The van der Waals surface area contributed by atoms with E-state index in [1.54, 1.807) is 24.4 Å². The van der Waals surface area contributed by atoms with E-state index >= 15 is 0 Å². The Morgan fingerprint density at radius 1 is 1.14 bits per heavy atom. The van der Waals surface area contributed by atoms with E-state index in [4.69, 9.17) is 0 Å². The number of hydrogen-bond acceptors (Lipinski definition) is 4. The topological polar surface area (TPSA) is 59.9 Å². The molecule has 5 heteroatoms. The third kappa shape index (κ3) is 3.47. The molecule has 0 aliphatic carbocycles. The minimum absolute atomic E-state index is 0.110. The number of benzene rings is 1. The first-order valence-electron chi connectivity index (χ1n) is 6.73. The predicted octanol–water partition coefficient (Wildman–Crippen LogP) is 3.15. The smallest absolute Gasteiger partial charge is 0.175 e. The van der Waals surface area contributed by atoms with E-state index in [-0.39, 0.29) is 5.41 Å². The SMILES string of the molecule is Cc1ncc(-c2cccc(S(C)(=O)=O)c2)nc1C(C)(C)C. The zero-order valence-electron chi connectivity index (χ0n) is 13.0. The number of aromatic nitrogens is 2. The molecule has 0 unspecified atom stereocenters. The number of sulfone groups is 1. The van der Waals surface area contributed by atoms with Crippen LogP contribution in [0.2, 0.25) is 0 Å². The zero-order chi connectivity index (χ0) is 15.8. The van der Waals surface area contributed by atoms with Crippen molar-refractivity contribution in [1.29, 1.82) is 0 Å². The quantitative estimate of drug-likeness (QED) is 0.855. The maximum absolute atomic E-state index is 11.7. The summed E-state index contributed by atoms with van der Waals surface area (Å²) in [4.78, 5) is 9.37. The molecule has 0 saturated heterocycles. The van der Waals surface area contributed by atoms with Gasteiger partial charge in [-0.2, -0.15) is 0 Å². The summed E-state index contributed by atoms with van der Waals surface area (Å²) in [5.41, 5.74) is 3.16. The normalized spacial score (nSPS) is 12.4. The van der Waals surface area contributed by atoms with Crippen molar-refractivity contribution in [2.24, 2.45) is 0 Å². The van der Waals surface area contributed by atoms with Crippen molar-refractivity contribution < 1.29 is 8.42 Å². The number of hydrogen-bond donors (Lipinski definition) is 0. The predicted molar refractivity (Wildman–Crippen MR) is 84.0 cm³/mol. The summed E-state index contributed by atoms with van der Waals surface area (Å²) >= 11 is 0. The molecule has 0 saturated carbocycles. The van der Waals surface area contributed by atoms with Crippen molar-refractivity contribution in [3.8, 4) is 11.3 Å². The summed E-state index contributed by atoms with van der Waals surface area (Å²) in [5.74, 6) is 0. The van der Waals surface area contributed by atoms with Crippen LogP contribution >= 0.6 is 0 Å². The van der Waals surface area contributed by atoms with Gasteiger partial charge in [0.25, 0.3) is 0 Å². The highest BCUT2D eigenvalue weighted by Crippen LogP contribution is 2.26. The lowest BCUT2D eigenvalue weighted by atomic mass is 9.90. The largest absolute Gasteiger partial charge is 0.257 e. The van der Waals surface area contributed by atoms with Crippen LogP contribution in [0.3, 0.4) is 0 Å². The van der Waals surface area contributed by atoms with Gasteiger partial charge >= 0.3 is 0 Å². The van der Waals surface area contributed by atoms with Crippen LogP contribution in [-0.2, 0) is 15.3 Å². The second-order valence-electron chi connectivity index (χ2n) is 6.24. The fourth-order valence-corrected chi connectivity index (χ4v) is 2.85. The van der Waals surface area contributed by atoms with Crippen LogP contribution in [0.4, 0.5) is 0 Å². The molecule has 21 heavy (non-hydrogen) atoms. The molecule has 0 aliphatic heterocycles. The summed E-state index contributed by atoms with van der Waals surface area (Å²) in [6.45, 7) is 8.19. The summed E-state index contributed by atoms with van der Waals surface area (Å²) in [7, 11) is -3.23. The van der Waals surface area contributed by atoms with Gasteiger partial charge in [-0.25, -0.2) is 13.4 Å². The first kappa shape index (κ1) is 15.6. The molecule has 2 rings (SSSR count). The molecule has 1 aromatic heterocycles. The van der Waals surface area contributed by atoms with Crippen LogP contribution in [0, 0.1) is 6.92 Å². The van der Waals surface area contributed by atoms with Gasteiger partial charge in [-0.15, -0.1) is 0 Å². The monoisotopic (exact) mass is 304 g/mol. The second-order valence-corrected chi connectivity index (χ2v) is 8.25.